The number of carbonyl (C=O) groups excluding carboxylic acids is 1. The second-order valence-electron chi connectivity index (χ2n) is 5.99. The number of carbonyl (C=O) groups is 1. The van der Waals surface area contributed by atoms with Gasteiger partial charge in [0.05, 0.1) is 12.6 Å². The second-order valence-corrected chi connectivity index (χ2v) is 5.99. The third-order valence-corrected chi connectivity index (χ3v) is 4.38. The van der Waals surface area contributed by atoms with Crippen LogP contribution in [0.15, 0.2) is 72.8 Å². The van der Waals surface area contributed by atoms with Crippen LogP contribution in [0.3, 0.4) is 0 Å². The van der Waals surface area contributed by atoms with E-state index in [9.17, 15) is 4.79 Å². The van der Waals surface area contributed by atoms with Gasteiger partial charge < -0.3 is 4.74 Å². The van der Waals surface area contributed by atoms with Gasteiger partial charge in [-0.05, 0) is 24.5 Å². The number of hydrogen-bond acceptors (Lipinski definition) is 2. The summed E-state index contributed by atoms with van der Waals surface area (Å²) in [6.07, 6.45) is 4.96. The highest BCUT2D eigenvalue weighted by Gasteiger charge is 2.33. The molecule has 1 amide bonds. The van der Waals surface area contributed by atoms with E-state index in [1.807, 2.05) is 36.1 Å². The van der Waals surface area contributed by atoms with E-state index >= 15 is 0 Å². The van der Waals surface area contributed by atoms with Gasteiger partial charge >= 0.3 is 6.09 Å². The summed E-state index contributed by atoms with van der Waals surface area (Å²) in [4.78, 5) is 14.3. The van der Waals surface area contributed by atoms with E-state index < -0.39 is 0 Å². The van der Waals surface area contributed by atoms with E-state index in [-0.39, 0.29) is 18.1 Å². The Morgan fingerprint density at radius 1 is 1.08 bits per heavy atom. The highest BCUT2D eigenvalue weighted by molar-refractivity contribution is 5.69. The maximum absolute atomic E-state index is 12.4. The number of amides is 1. The minimum atomic E-state index is -0.242. The number of nitrogens with zero attached hydrogens (tertiary/aromatic N) is 1. The van der Waals surface area contributed by atoms with E-state index in [0.29, 0.717) is 13.2 Å². The van der Waals surface area contributed by atoms with Crippen molar-refractivity contribution in [3.63, 3.8) is 0 Å². The fraction of sp³-hybridized carbons (Fsp3) is 0.286. The summed E-state index contributed by atoms with van der Waals surface area (Å²) >= 11 is 0. The average Bonchev–Trinajstić information content (AvgIpc) is 2.63. The average molecular weight is 321 g/mol. The number of rotatable bonds is 4. The van der Waals surface area contributed by atoms with Gasteiger partial charge in [0.1, 0.15) is 0 Å². The van der Waals surface area contributed by atoms with Gasteiger partial charge in [-0.2, -0.15) is 0 Å². The Morgan fingerprint density at radius 2 is 1.75 bits per heavy atom. The van der Waals surface area contributed by atoms with Gasteiger partial charge in [0.25, 0.3) is 0 Å². The van der Waals surface area contributed by atoms with Gasteiger partial charge in [0, 0.05) is 12.5 Å². The molecule has 2 aromatic rings. The largest absolute Gasteiger partial charge is 0.450 e. The summed E-state index contributed by atoms with van der Waals surface area (Å²) in [5, 5.41) is 0. The zero-order valence-electron chi connectivity index (χ0n) is 14.0. The molecule has 0 radical (unpaired) electrons. The molecule has 3 heteroatoms. The number of ether oxygens (including phenoxy) is 1. The van der Waals surface area contributed by atoms with Crippen molar-refractivity contribution in [2.45, 2.75) is 19.4 Å². The van der Waals surface area contributed by atoms with Crippen molar-refractivity contribution in [2.75, 3.05) is 13.2 Å². The van der Waals surface area contributed by atoms with Gasteiger partial charge in [-0.25, -0.2) is 4.79 Å². The van der Waals surface area contributed by atoms with Gasteiger partial charge in [0.15, 0.2) is 0 Å². The minimum absolute atomic E-state index is 0.00421. The van der Waals surface area contributed by atoms with Crippen LogP contribution in [0.5, 0.6) is 0 Å². The molecule has 0 spiro atoms. The fourth-order valence-corrected chi connectivity index (χ4v) is 3.34. The molecule has 0 saturated heterocycles. The SMILES string of the molecule is CCOC(=O)N1CC=C[C@@H](Cc2ccccc2)[C@H]1c1ccccc1. The summed E-state index contributed by atoms with van der Waals surface area (Å²) in [6, 6.07) is 20.7. The molecule has 0 aromatic heterocycles. The van der Waals surface area contributed by atoms with Crippen LogP contribution < -0.4 is 0 Å². The molecule has 2 atom stereocenters. The van der Waals surface area contributed by atoms with Crippen molar-refractivity contribution in [2.24, 2.45) is 5.92 Å². The number of hydrogen-bond donors (Lipinski definition) is 0. The highest BCUT2D eigenvalue weighted by Crippen LogP contribution is 2.35. The quantitative estimate of drug-likeness (QED) is 0.769. The molecule has 1 aliphatic rings. The standard InChI is InChI=1S/C21H23NO2/c1-2-24-21(23)22-15-9-14-19(16-17-10-5-3-6-11-17)20(22)18-12-7-4-8-13-18/h3-14,19-20H,2,15-16H2,1H3/t19-,20+/m0/s1. The molecule has 0 aliphatic carbocycles. The lowest BCUT2D eigenvalue weighted by Crippen LogP contribution is -2.41. The van der Waals surface area contributed by atoms with Crippen LogP contribution >= 0.6 is 0 Å². The van der Waals surface area contributed by atoms with Crippen molar-refractivity contribution < 1.29 is 9.53 Å². The Morgan fingerprint density at radius 3 is 2.42 bits per heavy atom. The maximum Gasteiger partial charge on any atom is 0.410 e. The smallest absolute Gasteiger partial charge is 0.410 e. The Bertz CT molecular complexity index is 681. The molecule has 1 aliphatic heterocycles. The van der Waals surface area contributed by atoms with Crippen LogP contribution in [0.1, 0.15) is 24.1 Å². The van der Waals surface area contributed by atoms with Gasteiger partial charge in [-0.3, -0.25) is 4.90 Å². The lowest BCUT2D eigenvalue weighted by Gasteiger charge is -2.38. The lowest BCUT2D eigenvalue weighted by molar-refractivity contribution is 0.0823. The van der Waals surface area contributed by atoms with Crippen LogP contribution in [0.2, 0.25) is 0 Å². The summed E-state index contributed by atoms with van der Waals surface area (Å²) < 4.78 is 5.28. The Balaban J connectivity index is 1.91. The molecule has 0 unspecified atom stereocenters. The second kappa shape index (κ2) is 7.82. The molecule has 24 heavy (non-hydrogen) atoms. The monoisotopic (exact) mass is 321 g/mol. The zero-order chi connectivity index (χ0) is 16.8. The first-order valence-corrected chi connectivity index (χ1v) is 8.48. The maximum atomic E-state index is 12.4. The van der Waals surface area contributed by atoms with Crippen molar-refractivity contribution in [1.29, 1.82) is 0 Å². The highest BCUT2D eigenvalue weighted by atomic mass is 16.6. The zero-order valence-corrected chi connectivity index (χ0v) is 14.0. The first-order valence-electron chi connectivity index (χ1n) is 8.48. The van der Waals surface area contributed by atoms with Gasteiger partial charge in [-0.15, -0.1) is 0 Å². The molecule has 0 bridgehead atoms. The van der Waals surface area contributed by atoms with E-state index in [0.717, 1.165) is 12.0 Å². The van der Waals surface area contributed by atoms with Crippen LogP contribution in [0.25, 0.3) is 0 Å². The normalized spacial score (nSPS) is 20.0. The fourth-order valence-electron chi connectivity index (χ4n) is 3.34. The van der Waals surface area contributed by atoms with Crippen LogP contribution in [0.4, 0.5) is 4.79 Å². The lowest BCUT2D eigenvalue weighted by atomic mass is 9.84. The van der Waals surface area contributed by atoms with Crippen molar-refractivity contribution in [1.82, 2.24) is 4.90 Å². The third kappa shape index (κ3) is 3.67. The predicted molar refractivity (Wildman–Crippen MR) is 95.7 cm³/mol. The Hall–Kier alpha value is -2.55. The Labute approximate surface area is 143 Å². The van der Waals surface area contributed by atoms with E-state index in [2.05, 4.69) is 48.6 Å². The summed E-state index contributed by atoms with van der Waals surface area (Å²) in [5.74, 6) is 0.230. The first kappa shape index (κ1) is 16.3. The molecular formula is C21H23NO2. The first-order chi connectivity index (χ1) is 11.8. The summed E-state index contributed by atoms with van der Waals surface area (Å²) in [5.41, 5.74) is 2.43. The van der Waals surface area contributed by atoms with E-state index in [1.165, 1.54) is 5.56 Å². The summed E-state index contributed by atoms with van der Waals surface area (Å²) in [6.45, 7) is 2.82. The van der Waals surface area contributed by atoms with Gasteiger partial charge in [0.2, 0.25) is 0 Å². The van der Waals surface area contributed by atoms with E-state index in [1.54, 1.807) is 0 Å². The minimum Gasteiger partial charge on any atom is -0.450 e. The molecule has 0 N–H and O–H groups in total. The molecule has 3 nitrogen and oxygen atoms in total. The predicted octanol–water partition coefficient (Wildman–Crippen LogP) is 4.61. The van der Waals surface area contributed by atoms with Crippen molar-refractivity contribution in [3.05, 3.63) is 83.9 Å². The van der Waals surface area contributed by atoms with Crippen molar-refractivity contribution in [3.8, 4) is 0 Å². The van der Waals surface area contributed by atoms with E-state index in [4.69, 9.17) is 4.74 Å². The molecule has 2 aromatic carbocycles. The van der Waals surface area contributed by atoms with Gasteiger partial charge in [-0.1, -0.05) is 72.8 Å². The van der Waals surface area contributed by atoms with Crippen LogP contribution in [-0.4, -0.2) is 24.1 Å². The topological polar surface area (TPSA) is 29.5 Å². The molecule has 3 rings (SSSR count). The molecule has 1 heterocycles. The molecule has 0 saturated carbocycles. The molecule has 124 valence electrons. The summed E-state index contributed by atoms with van der Waals surface area (Å²) in [7, 11) is 0. The third-order valence-electron chi connectivity index (χ3n) is 4.38. The van der Waals surface area contributed by atoms with Crippen molar-refractivity contribution >= 4 is 6.09 Å². The Kier molecular flexibility index (Phi) is 5.32. The molecule has 0 fully saturated rings. The number of benzene rings is 2. The molecular weight excluding hydrogens is 298 g/mol. The van der Waals surface area contributed by atoms with Crippen LogP contribution in [-0.2, 0) is 11.2 Å². The van der Waals surface area contributed by atoms with Crippen LogP contribution in [0, 0.1) is 5.92 Å².